The molecule has 1 aliphatic heterocycles. The van der Waals surface area contributed by atoms with Crippen LogP contribution < -0.4 is 11.1 Å². The number of aromatic amines is 1. The molecule has 5 N–H and O–H groups in total. The molecule has 0 spiro atoms. The molecule has 1 fully saturated rings. The number of hydrogen-bond acceptors (Lipinski definition) is 4. The van der Waals surface area contributed by atoms with E-state index < -0.39 is 28.9 Å². The number of carbonyl (C=O) groups excluding carboxylic acids is 2. The number of rotatable bonds is 9. The number of nitrogens with one attached hydrogen (secondary N) is 2. The molecule has 196 valence electrons. The van der Waals surface area contributed by atoms with E-state index in [1.807, 2.05) is 60.8 Å². The minimum atomic E-state index is -1.17. The summed E-state index contributed by atoms with van der Waals surface area (Å²) in [7, 11) is 0. The van der Waals surface area contributed by atoms with Crippen LogP contribution in [0.2, 0.25) is 0 Å². The maximum absolute atomic E-state index is 13.9. The summed E-state index contributed by atoms with van der Waals surface area (Å²) < 4.78 is 0. The van der Waals surface area contributed by atoms with Crippen molar-refractivity contribution in [1.82, 2.24) is 15.2 Å². The monoisotopic (exact) mass is 504 g/mol. The fraction of sp³-hybridized carbons (Fsp3) is 0.414. The molecule has 4 rings (SSSR count). The Kier molecular flexibility index (Phi) is 7.68. The van der Waals surface area contributed by atoms with Gasteiger partial charge in [0.15, 0.2) is 0 Å². The lowest BCUT2D eigenvalue weighted by molar-refractivity contribution is -0.156. The first-order chi connectivity index (χ1) is 17.6. The number of H-pyrrole nitrogens is 1. The van der Waals surface area contributed by atoms with Gasteiger partial charge in [-0.1, -0.05) is 48.5 Å². The molecule has 2 aromatic carbocycles. The Morgan fingerprint density at radius 1 is 1.14 bits per heavy atom. The number of likely N-dealkylation sites (tertiary alicyclic amines) is 1. The normalized spacial score (nSPS) is 18.9. The molecule has 37 heavy (non-hydrogen) atoms. The van der Waals surface area contributed by atoms with Gasteiger partial charge in [-0.15, -0.1) is 0 Å². The number of carboxylic acids is 1. The molecule has 1 aliphatic rings. The van der Waals surface area contributed by atoms with Crippen molar-refractivity contribution >= 4 is 28.7 Å². The van der Waals surface area contributed by atoms with Crippen LogP contribution >= 0.6 is 0 Å². The number of benzene rings is 2. The van der Waals surface area contributed by atoms with Crippen molar-refractivity contribution in [1.29, 1.82) is 0 Å². The summed E-state index contributed by atoms with van der Waals surface area (Å²) in [6.07, 6.45) is 4.27. The number of nitrogens with two attached hydrogens (primary N) is 1. The number of hydrogen-bond donors (Lipinski definition) is 4. The summed E-state index contributed by atoms with van der Waals surface area (Å²) in [6.45, 7) is 3.75. The number of carbonyl (C=O) groups is 3. The summed E-state index contributed by atoms with van der Waals surface area (Å²) in [4.78, 5) is 44.1. The van der Waals surface area contributed by atoms with Crippen LogP contribution in [0.15, 0.2) is 60.8 Å². The number of para-hydroxylation sites is 1. The first-order valence-electron chi connectivity index (χ1n) is 12.8. The van der Waals surface area contributed by atoms with Crippen molar-refractivity contribution in [2.75, 3.05) is 13.1 Å². The molecule has 0 bridgehead atoms. The number of aliphatic carboxylic acids is 1. The number of carboxylic acid groups (broad SMARTS) is 1. The lowest BCUT2D eigenvalue weighted by Crippen LogP contribution is -2.59. The zero-order valence-electron chi connectivity index (χ0n) is 21.5. The van der Waals surface area contributed by atoms with Gasteiger partial charge in [0.05, 0.1) is 11.0 Å². The number of amides is 2. The summed E-state index contributed by atoms with van der Waals surface area (Å²) >= 11 is 0. The highest BCUT2D eigenvalue weighted by Gasteiger charge is 2.44. The number of piperidine rings is 1. The standard InChI is InChI=1S/C29H36N4O4/c1-28(2,30)26(35)32-24(17-21-18-31-23-12-7-6-11-22(21)23)25(34)33-16-8-14-29(19-33,27(36)37)15-13-20-9-4-3-5-10-20/h3-7,9-12,18,24,31H,8,13-17,19,30H2,1-2H3,(H,32,35)(H,36,37)/t24-,29+/m1/s1. The van der Waals surface area contributed by atoms with Crippen LogP contribution in [0.5, 0.6) is 0 Å². The van der Waals surface area contributed by atoms with E-state index in [1.54, 1.807) is 18.7 Å². The SMILES string of the molecule is CC(C)(N)C(=O)N[C@H](Cc1c[nH]c2ccccc12)C(=O)N1CCC[C@@](CCc2ccccc2)(C(=O)O)C1. The van der Waals surface area contributed by atoms with Crippen LogP contribution in [0.3, 0.4) is 0 Å². The zero-order chi connectivity index (χ0) is 26.6. The minimum Gasteiger partial charge on any atom is -0.481 e. The fourth-order valence-corrected chi connectivity index (χ4v) is 5.12. The summed E-state index contributed by atoms with van der Waals surface area (Å²) in [5.74, 6) is -1.61. The van der Waals surface area contributed by atoms with Crippen molar-refractivity contribution in [3.8, 4) is 0 Å². The number of aryl methyl sites for hydroxylation is 1. The molecule has 0 unspecified atom stereocenters. The lowest BCUT2D eigenvalue weighted by Gasteiger charge is -2.41. The Hall–Kier alpha value is -3.65. The van der Waals surface area contributed by atoms with Gasteiger partial charge in [0.1, 0.15) is 6.04 Å². The van der Waals surface area contributed by atoms with E-state index in [0.717, 1.165) is 22.0 Å². The zero-order valence-corrected chi connectivity index (χ0v) is 21.5. The van der Waals surface area contributed by atoms with Crippen LogP contribution in [0, 0.1) is 5.41 Å². The maximum Gasteiger partial charge on any atom is 0.311 e. The number of fused-ring (bicyclic) bond motifs is 1. The largest absolute Gasteiger partial charge is 0.481 e. The second-order valence-electron chi connectivity index (χ2n) is 10.7. The molecule has 1 aromatic heterocycles. The Morgan fingerprint density at radius 2 is 1.84 bits per heavy atom. The molecule has 8 nitrogen and oxygen atoms in total. The highest BCUT2D eigenvalue weighted by Crippen LogP contribution is 2.36. The van der Waals surface area contributed by atoms with Crippen LogP contribution in [-0.4, -0.2) is 57.4 Å². The van der Waals surface area contributed by atoms with Crippen LogP contribution in [0.4, 0.5) is 0 Å². The van der Waals surface area contributed by atoms with E-state index in [1.165, 1.54) is 0 Å². The molecule has 0 saturated carbocycles. The third-order valence-corrected chi connectivity index (χ3v) is 7.36. The minimum absolute atomic E-state index is 0.111. The molecule has 0 radical (unpaired) electrons. The van der Waals surface area contributed by atoms with Gasteiger partial charge in [-0.05, 0) is 56.7 Å². The Balaban J connectivity index is 1.57. The van der Waals surface area contributed by atoms with E-state index in [4.69, 9.17) is 5.73 Å². The lowest BCUT2D eigenvalue weighted by atomic mass is 9.75. The van der Waals surface area contributed by atoms with E-state index in [9.17, 15) is 19.5 Å². The van der Waals surface area contributed by atoms with Gasteiger partial charge < -0.3 is 26.0 Å². The molecule has 2 atom stereocenters. The average Bonchev–Trinajstić information content (AvgIpc) is 3.29. The van der Waals surface area contributed by atoms with Crippen molar-refractivity contribution in [3.05, 3.63) is 71.9 Å². The molecule has 1 saturated heterocycles. The summed E-state index contributed by atoms with van der Waals surface area (Å²) in [5, 5.41) is 14.1. The Morgan fingerprint density at radius 3 is 2.54 bits per heavy atom. The van der Waals surface area contributed by atoms with Gasteiger partial charge in [-0.2, -0.15) is 0 Å². The highest BCUT2D eigenvalue weighted by molar-refractivity contribution is 5.93. The maximum atomic E-state index is 13.9. The van der Waals surface area contributed by atoms with Crippen LogP contribution in [-0.2, 0) is 27.2 Å². The predicted molar refractivity (Wildman–Crippen MR) is 143 cm³/mol. The topological polar surface area (TPSA) is 129 Å². The molecular weight excluding hydrogens is 468 g/mol. The molecule has 2 amide bonds. The van der Waals surface area contributed by atoms with Crippen molar-refractivity contribution < 1.29 is 19.5 Å². The third kappa shape index (κ3) is 6.02. The van der Waals surface area contributed by atoms with Gasteiger partial charge in [0, 0.05) is 36.6 Å². The smallest absolute Gasteiger partial charge is 0.311 e. The summed E-state index contributed by atoms with van der Waals surface area (Å²) in [5.41, 5.74) is 6.74. The van der Waals surface area contributed by atoms with E-state index in [2.05, 4.69) is 10.3 Å². The predicted octanol–water partition coefficient (Wildman–Crippen LogP) is 3.26. The van der Waals surface area contributed by atoms with Gasteiger partial charge in [-0.3, -0.25) is 14.4 Å². The van der Waals surface area contributed by atoms with E-state index in [-0.39, 0.29) is 18.9 Å². The van der Waals surface area contributed by atoms with E-state index >= 15 is 0 Å². The van der Waals surface area contributed by atoms with Gasteiger partial charge in [0.2, 0.25) is 11.8 Å². The van der Waals surface area contributed by atoms with Crippen LogP contribution in [0.25, 0.3) is 10.9 Å². The molecule has 2 heterocycles. The third-order valence-electron chi connectivity index (χ3n) is 7.36. The van der Waals surface area contributed by atoms with Gasteiger partial charge in [0.25, 0.3) is 0 Å². The molecule has 3 aromatic rings. The molecule has 8 heteroatoms. The van der Waals surface area contributed by atoms with Crippen molar-refractivity contribution in [3.63, 3.8) is 0 Å². The Bertz CT molecular complexity index is 1260. The van der Waals surface area contributed by atoms with Gasteiger partial charge >= 0.3 is 5.97 Å². The second-order valence-corrected chi connectivity index (χ2v) is 10.7. The van der Waals surface area contributed by atoms with Crippen molar-refractivity contribution in [2.24, 2.45) is 11.1 Å². The molecular formula is C29H36N4O4. The number of aromatic nitrogens is 1. The fourth-order valence-electron chi connectivity index (χ4n) is 5.12. The number of nitrogens with zero attached hydrogens (tertiary/aromatic N) is 1. The van der Waals surface area contributed by atoms with Crippen LogP contribution in [0.1, 0.15) is 44.2 Å². The average molecular weight is 505 g/mol. The summed E-state index contributed by atoms with van der Waals surface area (Å²) in [6, 6.07) is 16.7. The Labute approximate surface area is 217 Å². The highest BCUT2D eigenvalue weighted by atomic mass is 16.4. The van der Waals surface area contributed by atoms with Crippen molar-refractivity contribution in [2.45, 2.75) is 57.5 Å². The quantitative estimate of drug-likeness (QED) is 0.356. The first kappa shape index (κ1) is 26.4. The first-order valence-corrected chi connectivity index (χ1v) is 12.8. The molecule has 0 aliphatic carbocycles. The second kappa shape index (κ2) is 10.8. The van der Waals surface area contributed by atoms with E-state index in [0.29, 0.717) is 32.2 Å². The van der Waals surface area contributed by atoms with Gasteiger partial charge in [-0.25, -0.2) is 0 Å².